The summed E-state index contributed by atoms with van der Waals surface area (Å²) in [4.78, 5) is 0. The monoisotopic (exact) mass is 223 g/mol. The minimum absolute atomic E-state index is 0.652. The molecule has 1 nitrogen and oxygen atoms in total. The predicted molar refractivity (Wildman–Crippen MR) is 65.8 cm³/mol. The van der Waals surface area contributed by atoms with Gasteiger partial charge in [0.1, 0.15) is 0 Å². The molecular weight excluding hydrogens is 206 g/mol. The van der Waals surface area contributed by atoms with Gasteiger partial charge in [-0.05, 0) is 62.4 Å². The summed E-state index contributed by atoms with van der Waals surface area (Å²) in [7, 11) is 0. The Hall–Kier alpha value is -0.530. The van der Waals surface area contributed by atoms with Crippen molar-refractivity contribution in [2.24, 2.45) is 0 Å². The lowest BCUT2D eigenvalue weighted by Gasteiger charge is -2.26. The van der Waals surface area contributed by atoms with Gasteiger partial charge >= 0.3 is 0 Å². The number of hydrogen-bond donors (Lipinski definition) is 1. The fourth-order valence-corrected chi connectivity index (χ4v) is 2.78. The van der Waals surface area contributed by atoms with E-state index in [1.165, 1.54) is 29.5 Å². The lowest BCUT2D eigenvalue weighted by molar-refractivity contribution is 0.459. The van der Waals surface area contributed by atoms with E-state index in [4.69, 9.17) is 11.6 Å². The van der Waals surface area contributed by atoms with E-state index in [0.29, 0.717) is 5.92 Å². The van der Waals surface area contributed by atoms with Gasteiger partial charge in [-0.3, -0.25) is 0 Å². The average molecular weight is 224 g/mol. The summed E-state index contributed by atoms with van der Waals surface area (Å²) in [5.41, 5.74) is 3.94. The molecule has 0 radical (unpaired) electrons. The smallest absolute Gasteiger partial charge is 0.0472 e. The van der Waals surface area contributed by atoms with Gasteiger partial charge in [0.15, 0.2) is 0 Å². The second-order valence-electron chi connectivity index (χ2n) is 4.45. The molecule has 1 aliphatic rings. The zero-order valence-electron chi connectivity index (χ0n) is 9.44. The van der Waals surface area contributed by atoms with Crippen LogP contribution in [0.1, 0.15) is 35.4 Å². The third-order valence-electron chi connectivity index (χ3n) is 3.34. The molecule has 0 spiro atoms. The quantitative estimate of drug-likeness (QED) is 0.770. The van der Waals surface area contributed by atoms with Gasteiger partial charge in [-0.2, -0.15) is 0 Å². The maximum Gasteiger partial charge on any atom is 0.0472 e. The molecule has 1 heterocycles. The lowest BCUT2D eigenvalue weighted by Crippen LogP contribution is -2.27. The molecule has 1 N–H and O–H groups in total. The second kappa shape index (κ2) is 4.54. The first-order valence-corrected chi connectivity index (χ1v) is 6.04. The van der Waals surface area contributed by atoms with Crippen LogP contribution in [-0.4, -0.2) is 13.1 Å². The molecule has 15 heavy (non-hydrogen) atoms. The molecule has 0 aliphatic carbocycles. The van der Waals surface area contributed by atoms with Crippen LogP contribution in [-0.2, 0) is 0 Å². The standard InChI is InChI=1S/C13H18ClN/c1-9-3-4-10(2)13(14)12(9)11-5-7-15-8-6-11/h3-4,11,15H,5-8H2,1-2H3. The zero-order valence-corrected chi connectivity index (χ0v) is 10.2. The molecule has 2 rings (SSSR count). The second-order valence-corrected chi connectivity index (χ2v) is 4.83. The highest BCUT2D eigenvalue weighted by atomic mass is 35.5. The molecule has 2 heteroatoms. The maximum absolute atomic E-state index is 6.41. The van der Waals surface area contributed by atoms with Crippen molar-refractivity contribution in [2.45, 2.75) is 32.6 Å². The maximum atomic E-state index is 6.41. The summed E-state index contributed by atoms with van der Waals surface area (Å²) < 4.78 is 0. The Labute approximate surface area is 96.8 Å². The summed E-state index contributed by atoms with van der Waals surface area (Å²) in [6.07, 6.45) is 2.42. The van der Waals surface area contributed by atoms with Crippen molar-refractivity contribution in [3.05, 3.63) is 33.8 Å². The van der Waals surface area contributed by atoms with Crippen LogP contribution in [0.5, 0.6) is 0 Å². The molecule has 1 saturated heterocycles. The SMILES string of the molecule is Cc1ccc(C)c(C2CCNCC2)c1Cl. The first-order chi connectivity index (χ1) is 7.20. The Balaban J connectivity index is 2.36. The van der Waals surface area contributed by atoms with E-state index in [1.54, 1.807) is 0 Å². The van der Waals surface area contributed by atoms with Gasteiger partial charge in [-0.25, -0.2) is 0 Å². The molecule has 1 fully saturated rings. The normalized spacial score (nSPS) is 18.1. The van der Waals surface area contributed by atoms with Gasteiger partial charge in [0.05, 0.1) is 0 Å². The van der Waals surface area contributed by atoms with E-state index in [1.807, 2.05) is 0 Å². The van der Waals surface area contributed by atoms with E-state index in [9.17, 15) is 0 Å². The van der Waals surface area contributed by atoms with Crippen LogP contribution < -0.4 is 5.32 Å². The first kappa shape index (κ1) is 11.0. The number of halogens is 1. The Bertz CT molecular complexity index is 354. The van der Waals surface area contributed by atoms with Crippen LogP contribution in [0.15, 0.2) is 12.1 Å². The van der Waals surface area contributed by atoms with Gasteiger partial charge in [0, 0.05) is 5.02 Å². The largest absolute Gasteiger partial charge is 0.317 e. The minimum atomic E-state index is 0.652. The molecule has 1 aromatic rings. The molecule has 0 amide bonds. The van der Waals surface area contributed by atoms with Crippen LogP contribution in [0.25, 0.3) is 0 Å². The van der Waals surface area contributed by atoms with Gasteiger partial charge < -0.3 is 5.32 Å². The summed E-state index contributed by atoms with van der Waals surface area (Å²) in [5, 5.41) is 4.38. The molecule has 0 unspecified atom stereocenters. The van der Waals surface area contributed by atoms with Crippen molar-refractivity contribution in [1.29, 1.82) is 0 Å². The number of hydrogen-bond acceptors (Lipinski definition) is 1. The molecule has 0 saturated carbocycles. The number of piperidine rings is 1. The predicted octanol–water partition coefficient (Wildman–Crippen LogP) is 3.42. The highest BCUT2D eigenvalue weighted by Gasteiger charge is 2.20. The molecule has 1 aromatic carbocycles. The third-order valence-corrected chi connectivity index (χ3v) is 3.84. The summed E-state index contributed by atoms with van der Waals surface area (Å²) in [6.45, 7) is 6.50. The Morgan fingerprint density at radius 1 is 1.13 bits per heavy atom. The summed E-state index contributed by atoms with van der Waals surface area (Å²) in [6, 6.07) is 4.31. The van der Waals surface area contributed by atoms with Crippen molar-refractivity contribution >= 4 is 11.6 Å². The van der Waals surface area contributed by atoms with E-state index in [0.717, 1.165) is 18.1 Å². The van der Waals surface area contributed by atoms with E-state index < -0.39 is 0 Å². The highest BCUT2D eigenvalue weighted by Crippen LogP contribution is 2.35. The van der Waals surface area contributed by atoms with Crippen LogP contribution in [0, 0.1) is 13.8 Å². The van der Waals surface area contributed by atoms with Gasteiger partial charge in [0.2, 0.25) is 0 Å². The fourth-order valence-electron chi connectivity index (χ4n) is 2.41. The Kier molecular flexibility index (Phi) is 3.32. The third kappa shape index (κ3) is 2.19. The molecule has 1 aliphatic heterocycles. The molecule has 0 bridgehead atoms. The van der Waals surface area contributed by atoms with Crippen LogP contribution in [0.4, 0.5) is 0 Å². The van der Waals surface area contributed by atoms with Gasteiger partial charge in [-0.1, -0.05) is 23.7 Å². The Morgan fingerprint density at radius 2 is 1.73 bits per heavy atom. The van der Waals surface area contributed by atoms with Crippen molar-refractivity contribution < 1.29 is 0 Å². The fraction of sp³-hybridized carbons (Fsp3) is 0.538. The number of benzene rings is 1. The summed E-state index contributed by atoms with van der Waals surface area (Å²) in [5.74, 6) is 0.652. The average Bonchev–Trinajstić information content (AvgIpc) is 2.26. The topological polar surface area (TPSA) is 12.0 Å². The van der Waals surface area contributed by atoms with Crippen LogP contribution in [0.2, 0.25) is 5.02 Å². The number of aryl methyl sites for hydroxylation is 2. The number of nitrogens with one attached hydrogen (secondary N) is 1. The lowest BCUT2D eigenvalue weighted by atomic mass is 9.86. The molecule has 0 aromatic heterocycles. The van der Waals surface area contributed by atoms with Crippen LogP contribution >= 0.6 is 11.6 Å². The van der Waals surface area contributed by atoms with Gasteiger partial charge in [0.25, 0.3) is 0 Å². The van der Waals surface area contributed by atoms with Crippen molar-refractivity contribution in [3.8, 4) is 0 Å². The molecule has 82 valence electrons. The van der Waals surface area contributed by atoms with Gasteiger partial charge in [-0.15, -0.1) is 0 Å². The number of rotatable bonds is 1. The van der Waals surface area contributed by atoms with Crippen molar-refractivity contribution in [1.82, 2.24) is 5.32 Å². The van der Waals surface area contributed by atoms with E-state index >= 15 is 0 Å². The van der Waals surface area contributed by atoms with Crippen molar-refractivity contribution in [2.75, 3.05) is 13.1 Å². The Morgan fingerprint density at radius 3 is 2.40 bits per heavy atom. The van der Waals surface area contributed by atoms with Crippen molar-refractivity contribution in [3.63, 3.8) is 0 Å². The van der Waals surface area contributed by atoms with Crippen LogP contribution in [0.3, 0.4) is 0 Å². The summed E-state index contributed by atoms with van der Waals surface area (Å²) >= 11 is 6.41. The molecular formula is C13H18ClN. The zero-order chi connectivity index (χ0) is 10.8. The molecule has 0 atom stereocenters. The first-order valence-electron chi connectivity index (χ1n) is 5.66. The van der Waals surface area contributed by atoms with E-state index in [-0.39, 0.29) is 0 Å². The van der Waals surface area contributed by atoms with E-state index in [2.05, 4.69) is 31.3 Å². The highest BCUT2D eigenvalue weighted by molar-refractivity contribution is 6.32. The minimum Gasteiger partial charge on any atom is -0.317 e.